The van der Waals surface area contributed by atoms with Gasteiger partial charge in [0.05, 0.1) is 5.69 Å². The van der Waals surface area contributed by atoms with Crippen molar-refractivity contribution in [2.75, 3.05) is 13.7 Å². The maximum Gasteiger partial charge on any atom is 0.160 e. The summed E-state index contributed by atoms with van der Waals surface area (Å²) in [5, 5.41) is 15.2. The highest BCUT2D eigenvalue weighted by atomic mass is 16.6. The average molecular weight is 277 g/mol. The fourth-order valence-electron chi connectivity index (χ4n) is 2.55. The summed E-state index contributed by atoms with van der Waals surface area (Å²) in [5.74, 6) is 0. The number of aliphatic hydroxyl groups excluding tert-OH is 1. The van der Waals surface area contributed by atoms with E-state index in [9.17, 15) is 5.11 Å². The molecule has 0 spiro atoms. The summed E-state index contributed by atoms with van der Waals surface area (Å²) in [6.45, 7) is 0.759. The SMILES string of the molecule is COC(O)Cc1nn(C2CCCCO2)c2ncccc12. The predicted octanol–water partition coefficient (Wildman–Crippen LogP) is 1.64. The molecule has 0 radical (unpaired) electrons. The smallest absolute Gasteiger partial charge is 0.160 e. The molecule has 0 aromatic carbocycles. The summed E-state index contributed by atoms with van der Waals surface area (Å²) in [7, 11) is 1.48. The molecule has 2 aromatic rings. The van der Waals surface area contributed by atoms with Crippen LogP contribution in [0.5, 0.6) is 0 Å². The number of rotatable bonds is 4. The Kier molecular flexibility index (Phi) is 3.95. The van der Waals surface area contributed by atoms with Crippen molar-refractivity contribution >= 4 is 11.0 Å². The summed E-state index contributed by atoms with van der Waals surface area (Å²) >= 11 is 0. The molecule has 1 N–H and O–H groups in total. The summed E-state index contributed by atoms with van der Waals surface area (Å²) in [4.78, 5) is 4.41. The molecule has 6 nitrogen and oxygen atoms in total. The van der Waals surface area contributed by atoms with Crippen molar-refractivity contribution in [2.45, 2.75) is 38.2 Å². The van der Waals surface area contributed by atoms with Gasteiger partial charge in [-0.25, -0.2) is 9.67 Å². The lowest BCUT2D eigenvalue weighted by molar-refractivity contribution is -0.0730. The Morgan fingerprint density at radius 3 is 3.20 bits per heavy atom. The number of aliphatic hydroxyl groups is 1. The summed E-state index contributed by atoms with van der Waals surface area (Å²) in [6, 6.07) is 3.84. The van der Waals surface area contributed by atoms with Crippen LogP contribution in [0.2, 0.25) is 0 Å². The van der Waals surface area contributed by atoms with E-state index in [0.29, 0.717) is 6.42 Å². The summed E-state index contributed by atoms with van der Waals surface area (Å²) < 4.78 is 12.5. The number of nitrogens with zero attached hydrogens (tertiary/aromatic N) is 3. The standard InChI is InChI=1S/C14H19N3O3/c1-19-13(18)9-11-10-5-4-7-15-14(10)17(16-11)12-6-2-3-8-20-12/h4-5,7,12-13,18H,2-3,6,8-9H2,1H3. The lowest BCUT2D eigenvalue weighted by Crippen LogP contribution is -2.20. The van der Waals surface area contributed by atoms with E-state index in [0.717, 1.165) is 42.6 Å². The van der Waals surface area contributed by atoms with Crippen LogP contribution in [0.1, 0.15) is 31.2 Å². The van der Waals surface area contributed by atoms with E-state index in [1.54, 1.807) is 6.20 Å². The van der Waals surface area contributed by atoms with Gasteiger partial charge in [0.1, 0.15) is 0 Å². The number of ether oxygens (including phenoxy) is 2. The van der Waals surface area contributed by atoms with Crippen LogP contribution >= 0.6 is 0 Å². The minimum atomic E-state index is -0.853. The number of aromatic nitrogens is 3. The Morgan fingerprint density at radius 2 is 2.45 bits per heavy atom. The van der Waals surface area contributed by atoms with Gasteiger partial charge in [0.15, 0.2) is 18.2 Å². The zero-order valence-corrected chi connectivity index (χ0v) is 11.5. The third-order valence-electron chi connectivity index (χ3n) is 3.61. The van der Waals surface area contributed by atoms with Gasteiger partial charge < -0.3 is 14.6 Å². The number of pyridine rings is 1. The highest BCUT2D eigenvalue weighted by Crippen LogP contribution is 2.27. The van der Waals surface area contributed by atoms with Gasteiger partial charge in [-0.1, -0.05) is 0 Å². The van der Waals surface area contributed by atoms with Crippen molar-refractivity contribution < 1.29 is 14.6 Å². The molecule has 2 unspecified atom stereocenters. The largest absolute Gasteiger partial charge is 0.368 e. The third kappa shape index (κ3) is 2.54. The first kappa shape index (κ1) is 13.5. The van der Waals surface area contributed by atoms with Gasteiger partial charge in [0, 0.05) is 31.7 Å². The van der Waals surface area contributed by atoms with Crippen LogP contribution in [0.15, 0.2) is 18.3 Å². The second-order valence-corrected chi connectivity index (χ2v) is 4.98. The van der Waals surface area contributed by atoms with Crippen LogP contribution in [0.4, 0.5) is 0 Å². The first-order valence-corrected chi connectivity index (χ1v) is 6.94. The molecule has 1 aliphatic rings. The monoisotopic (exact) mass is 277 g/mol. The van der Waals surface area contributed by atoms with Gasteiger partial charge in [0.25, 0.3) is 0 Å². The number of hydrogen-bond acceptors (Lipinski definition) is 5. The normalized spacial score (nSPS) is 21.2. The van der Waals surface area contributed by atoms with Gasteiger partial charge in [0.2, 0.25) is 0 Å². The molecule has 0 bridgehead atoms. The fraction of sp³-hybridized carbons (Fsp3) is 0.571. The lowest BCUT2D eigenvalue weighted by Gasteiger charge is -2.23. The molecule has 2 atom stereocenters. The van der Waals surface area contributed by atoms with Crippen molar-refractivity contribution in [2.24, 2.45) is 0 Å². The molecule has 3 heterocycles. The van der Waals surface area contributed by atoms with E-state index in [1.165, 1.54) is 7.11 Å². The maximum absolute atomic E-state index is 9.67. The van der Waals surface area contributed by atoms with Crippen LogP contribution in [0.25, 0.3) is 11.0 Å². The van der Waals surface area contributed by atoms with Crippen LogP contribution in [0, 0.1) is 0 Å². The number of fused-ring (bicyclic) bond motifs is 1. The van der Waals surface area contributed by atoms with Gasteiger partial charge in [-0.15, -0.1) is 0 Å². The van der Waals surface area contributed by atoms with E-state index in [-0.39, 0.29) is 6.23 Å². The van der Waals surface area contributed by atoms with Gasteiger partial charge in [-0.05, 0) is 31.4 Å². The molecule has 108 valence electrons. The van der Waals surface area contributed by atoms with Crippen molar-refractivity contribution in [3.05, 3.63) is 24.0 Å². The molecule has 6 heteroatoms. The van der Waals surface area contributed by atoms with Crippen LogP contribution in [-0.4, -0.2) is 39.9 Å². The zero-order valence-electron chi connectivity index (χ0n) is 11.5. The van der Waals surface area contributed by atoms with Gasteiger partial charge >= 0.3 is 0 Å². The van der Waals surface area contributed by atoms with Crippen molar-refractivity contribution in [1.82, 2.24) is 14.8 Å². The second kappa shape index (κ2) is 5.87. The molecule has 0 aliphatic carbocycles. The van der Waals surface area contributed by atoms with E-state index in [4.69, 9.17) is 9.47 Å². The average Bonchev–Trinajstić information content (AvgIpc) is 2.87. The molecule has 0 saturated carbocycles. The van der Waals surface area contributed by atoms with E-state index in [1.807, 2.05) is 16.8 Å². The minimum Gasteiger partial charge on any atom is -0.368 e. The summed E-state index contributed by atoms with van der Waals surface area (Å²) in [6.07, 6.45) is 4.36. The van der Waals surface area contributed by atoms with Gasteiger partial charge in [-0.2, -0.15) is 5.10 Å². The Balaban J connectivity index is 1.99. The van der Waals surface area contributed by atoms with E-state index < -0.39 is 6.29 Å². The fourth-order valence-corrected chi connectivity index (χ4v) is 2.55. The zero-order chi connectivity index (χ0) is 13.9. The lowest BCUT2D eigenvalue weighted by atomic mass is 10.2. The summed E-state index contributed by atoms with van der Waals surface area (Å²) in [5.41, 5.74) is 1.59. The van der Waals surface area contributed by atoms with Gasteiger partial charge in [-0.3, -0.25) is 0 Å². The van der Waals surface area contributed by atoms with Crippen molar-refractivity contribution in [1.29, 1.82) is 0 Å². The Bertz CT molecular complexity index is 578. The highest BCUT2D eigenvalue weighted by molar-refractivity contribution is 5.78. The van der Waals surface area contributed by atoms with Crippen molar-refractivity contribution in [3.8, 4) is 0 Å². The highest BCUT2D eigenvalue weighted by Gasteiger charge is 2.22. The number of hydrogen-bond donors (Lipinski definition) is 1. The number of methoxy groups -OCH3 is 1. The molecule has 1 aliphatic heterocycles. The van der Waals surface area contributed by atoms with Crippen molar-refractivity contribution in [3.63, 3.8) is 0 Å². The predicted molar refractivity (Wildman–Crippen MR) is 73.1 cm³/mol. The molecule has 0 amide bonds. The van der Waals surface area contributed by atoms with E-state index in [2.05, 4.69) is 10.1 Å². The topological polar surface area (TPSA) is 69.4 Å². The minimum absolute atomic E-state index is 0.0606. The quantitative estimate of drug-likeness (QED) is 0.860. The van der Waals surface area contributed by atoms with Crippen LogP contribution in [-0.2, 0) is 15.9 Å². The first-order chi connectivity index (χ1) is 9.79. The molecule has 1 fully saturated rings. The first-order valence-electron chi connectivity index (χ1n) is 6.94. The Morgan fingerprint density at radius 1 is 1.55 bits per heavy atom. The molecular formula is C14H19N3O3. The molecule has 20 heavy (non-hydrogen) atoms. The van der Waals surface area contributed by atoms with E-state index >= 15 is 0 Å². The Hall–Kier alpha value is -1.50. The molecular weight excluding hydrogens is 258 g/mol. The maximum atomic E-state index is 9.67. The van der Waals surface area contributed by atoms with Crippen LogP contribution < -0.4 is 0 Å². The second-order valence-electron chi connectivity index (χ2n) is 4.98. The van der Waals surface area contributed by atoms with Crippen LogP contribution in [0.3, 0.4) is 0 Å². The Labute approximate surface area is 117 Å². The molecule has 1 saturated heterocycles. The third-order valence-corrected chi connectivity index (χ3v) is 3.61. The molecule has 3 rings (SSSR count). The molecule has 2 aromatic heterocycles.